The van der Waals surface area contributed by atoms with Gasteiger partial charge in [-0.15, -0.1) is 11.3 Å². The van der Waals surface area contributed by atoms with E-state index in [0.29, 0.717) is 0 Å². The van der Waals surface area contributed by atoms with Crippen molar-refractivity contribution in [1.82, 2.24) is 10.2 Å². The van der Waals surface area contributed by atoms with Crippen LogP contribution in [0.15, 0.2) is 6.07 Å². The average Bonchev–Trinajstić information content (AvgIpc) is 2.75. The highest BCUT2D eigenvalue weighted by Gasteiger charge is 2.12. The van der Waals surface area contributed by atoms with Crippen LogP contribution >= 0.6 is 11.3 Å². The highest BCUT2D eigenvalue weighted by atomic mass is 32.1. The summed E-state index contributed by atoms with van der Waals surface area (Å²) in [6.45, 7) is 8.42. The van der Waals surface area contributed by atoms with Gasteiger partial charge in [-0.05, 0) is 58.8 Å². The van der Waals surface area contributed by atoms with Gasteiger partial charge in [0.25, 0.3) is 5.91 Å². The van der Waals surface area contributed by atoms with Crippen LogP contribution < -0.4 is 5.32 Å². The van der Waals surface area contributed by atoms with Gasteiger partial charge >= 0.3 is 0 Å². The van der Waals surface area contributed by atoms with Crippen molar-refractivity contribution in [3.63, 3.8) is 0 Å². The van der Waals surface area contributed by atoms with Crippen LogP contribution in [0.2, 0.25) is 0 Å². The molecule has 0 spiro atoms. The molecule has 0 atom stereocenters. The van der Waals surface area contributed by atoms with Crippen LogP contribution in [0.4, 0.5) is 0 Å². The zero-order valence-electron chi connectivity index (χ0n) is 12.0. The van der Waals surface area contributed by atoms with Crippen molar-refractivity contribution in [2.24, 2.45) is 0 Å². The number of hydrogen-bond acceptors (Lipinski definition) is 3. The summed E-state index contributed by atoms with van der Waals surface area (Å²) < 4.78 is 0. The lowest BCUT2D eigenvalue weighted by Crippen LogP contribution is -2.33. The molecule has 1 aliphatic heterocycles. The van der Waals surface area contributed by atoms with Gasteiger partial charge in [-0.3, -0.25) is 4.79 Å². The largest absolute Gasteiger partial charge is 0.352 e. The Hall–Kier alpha value is -0.870. The molecule has 0 saturated carbocycles. The summed E-state index contributed by atoms with van der Waals surface area (Å²) in [5.74, 6) is 0.0838. The minimum absolute atomic E-state index is 0.0838. The van der Waals surface area contributed by atoms with E-state index in [1.54, 1.807) is 11.3 Å². The maximum absolute atomic E-state index is 12.0. The molecular formula is C15H24N2OS. The predicted molar refractivity (Wildman–Crippen MR) is 81.0 cm³/mol. The predicted octanol–water partition coefficient (Wildman–Crippen LogP) is 2.97. The molecule has 1 aromatic rings. The Balaban J connectivity index is 1.67. The fourth-order valence-electron chi connectivity index (χ4n) is 2.64. The molecule has 1 aromatic heterocycles. The molecule has 19 heavy (non-hydrogen) atoms. The Morgan fingerprint density at radius 3 is 2.68 bits per heavy atom. The molecular weight excluding hydrogens is 256 g/mol. The third-order valence-electron chi connectivity index (χ3n) is 3.67. The van der Waals surface area contributed by atoms with Crippen LogP contribution in [-0.4, -0.2) is 37.0 Å². The number of aryl methyl sites for hydroxylation is 2. The molecule has 0 bridgehead atoms. The number of likely N-dealkylation sites (tertiary alicyclic amines) is 1. The smallest absolute Gasteiger partial charge is 0.252 e. The quantitative estimate of drug-likeness (QED) is 0.841. The lowest BCUT2D eigenvalue weighted by Gasteiger charge is -2.26. The van der Waals surface area contributed by atoms with Gasteiger partial charge in [-0.1, -0.05) is 6.42 Å². The van der Waals surface area contributed by atoms with Crippen LogP contribution in [-0.2, 0) is 0 Å². The first-order valence-electron chi connectivity index (χ1n) is 7.24. The molecule has 3 nitrogen and oxygen atoms in total. The number of amides is 1. The average molecular weight is 280 g/mol. The summed E-state index contributed by atoms with van der Waals surface area (Å²) >= 11 is 1.69. The van der Waals surface area contributed by atoms with E-state index >= 15 is 0 Å². The summed E-state index contributed by atoms with van der Waals surface area (Å²) in [6, 6.07) is 1.99. The molecule has 1 aliphatic rings. The third-order valence-corrected chi connectivity index (χ3v) is 4.64. The zero-order chi connectivity index (χ0) is 13.7. The van der Waals surface area contributed by atoms with Crippen molar-refractivity contribution in [1.29, 1.82) is 0 Å². The molecule has 2 rings (SSSR count). The van der Waals surface area contributed by atoms with Crippen LogP contribution in [0.3, 0.4) is 0 Å². The summed E-state index contributed by atoms with van der Waals surface area (Å²) in [5, 5.41) is 3.03. The molecule has 1 saturated heterocycles. The van der Waals surface area contributed by atoms with Gasteiger partial charge in [-0.25, -0.2) is 0 Å². The van der Waals surface area contributed by atoms with E-state index in [4.69, 9.17) is 0 Å². The summed E-state index contributed by atoms with van der Waals surface area (Å²) in [7, 11) is 0. The van der Waals surface area contributed by atoms with Gasteiger partial charge in [-0.2, -0.15) is 0 Å². The molecule has 1 N–H and O–H groups in total. The van der Waals surface area contributed by atoms with E-state index < -0.39 is 0 Å². The van der Waals surface area contributed by atoms with Gasteiger partial charge in [0, 0.05) is 16.3 Å². The Morgan fingerprint density at radius 2 is 2.05 bits per heavy atom. The highest BCUT2D eigenvalue weighted by Crippen LogP contribution is 2.20. The lowest BCUT2D eigenvalue weighted by molar-refractivity contribution is 0.0951. The number of nitrogens with one attached hydrogen (secondary N) is 1. The van der Waals surface area contributed by atoms with Crippen LogP contribution in [0, 0.1) is 13.8 Å². The Bertz CT molecular complexity index is 422. The number of carbonyl (C=O) groups is 1. The second kappa shape index (κ2) is 7.06. The minimum Gasteiger partial charge on any atom is -0.352 e. The molecule has 1 fully saturated rings. The van der Waals surface area contributed by atoms with Gasteiger partial charge < -0.3 is 10.2 Å². The molecule has 4 heteroatoms. The number of carbonyl (C=O) groups excluding carboxylic acids is 1. The summed E-state index contributed by atoms with van der Waals surface area (Å²) in [4.78, 5) is 16.8. The zero-order valence-corrected chi connectivity index (χ0v) is 12.8. The topological polar surface area (TPSA) is 32.3 Å². The van der Waals surface area contributed by atoms with Crippen molar-refractivity contribution in [3.05, 3.63) is 21.4 Å². The second-order valence-corrected chi connectivity index (χ2v) is 6.80. The van der Waals surface area contributed by atoms with Crippen molar-refractivity contribution in [3.8, 4) is 0 Å². The Kier molecular flexibility index (Phi) is 5.40. The van der Waals surface area contributed by atoms with Gasteiger partial charge in [0.1, 0.15) is 0 Å². The maximum Gasteiger partial charge on any atom is 0.252 e. The third kappa shape index (κ3) is 4.32. The molecule has 0 aromatic carbocycles. The normalized spacial score (nSPS) is 16.5. The first-order valence-corrected chi connectivity index (χ1v) is 8.06. The SMILES string of the molecule is Cc1cc(C(=O)NCCCN2CCCCC2)c(C)s1. The van der Waals surface area contributed by atoms with Crippen molar-refractivity contribution in [2.45, 2.75) is 39.5 Å². The van der Waals surface area contributed by atoms with E-state index in [-0.39, 0.29) is 5.91 Å². The van der Waals surface area contributed by atoms with Crippen LogP contribution in [0.25, 0.3) is 0 Å². The second-order valence-electron chi connectivity index (χ2n) is 5.34. The van der Waals surface area contributed by atoms with E-state index in [1.165, 1.54) is 37.2 Å². The molecule has 0 radical (unpaired) electrons. The summed E-state index contributed by atoms with van der Waals surface area (Å²) in [5.41, 5.74) is 0.848. The number of rotatable bonds is 5. The fourth-order valence-corrected chi connectivity index (χ4v) is 3.56. The Labute approximate surface area is 120 Å². The molecule has 2 heterocycles. The van der Waals surface area contributed by atoms with Crippen LogP contribution in [0.1, 0.15) is 45.8 Å². The lowest BCUT2D eigenvalue weighted by atomic mass is 10.1. The van der Waals surface area contributed by atoms with E-state index in [9.17, 15) is 4.79 Å². The number of nitrogens with zero attached hydrogens (tertiary/aromatic N) is 1. The Morgan fingerprint density at radius 1 is 1.32 bits per heavy atom. The number of thiophene rings is 1. The van der Waals surface area contributed by atoms with E-state index in [1.807, 2.05) is 19.9 Å². The van der Waals surface area contributed by atoms with Gasteiger partial charge in [0.2, 0.25) is 0 Å². The van der Waals surface area contributed by atoms with Gasteiger partial charge in [0.15, 0.2) is 0 Å². The molecule has 106 valence electrons. The van der Waals surface area contributed by atoms with E-state index in [0.717, 1.165) is 30.0 Å². The standard InChI is InChI=1S/C15H24N2OS/c1-12-11-14(13(2)19-12)15(18)16-7-6-10-17-8-4-3-5-9-17/h11H,3-10H2,1-2H3,(H,16,18). The maximum atomic E-state index is 12.0. The monoisotopic (exact) mass is 280 g/mol. The number of hydrogen-bond donors (Lipinski definition) is 1. The highest BCUT2D eigenvalue weighted by molar-refractivity contribution is 7.12. The van der Waals surface area contributed by atoms with Crippen molar-refractivity contribution < 1.29 is 4.79 Å². The summed E-state index contributed by atoms with van der Waals surface area (Å²) in [6.07, 6.45) is 5.09. The fraction of sp³-hybridized carbons (Fsp3) is 0.667. The molecule has 1 amide bonds. The van der Waals surface area contributed by atoms with Crippen LogP contribution in [0.5, 0.6) is 0 Å². The first kappa shape index (κ1) is 14.5. The van der Waals surface area contributed by atoms with Gasteiger partial charge in [0.05, 0.1) is 5.56 Å². The van der Waals surface area contributed by atoms with Crippen molar-refractivity contribution in [2.75, 3.05) is 26.2 Å². The van der Waals surface area contributed by atoms with Crippen molar-refractivity contribution >= 4 is 17.2 Å². The minimum atomic E-state index is 0.0838. The van der Waals surface area contributed by atoms with E-state index in [2.05, 4.69) is 10.2 Å². The molecule has 0 unspecified atom stereocenters. The molecule has 0 aliphatic carbocycles. The number of piperidine rings is 1. The first-order chi connectivity index (χ1) is 9.16.